The maximum atomic E-state index is 13.4. The Balaban J connectivity index is 3.23. The van der Waals surface area contributed by atoms with E-state index in [4.69, 9.17) is 0 Å². The van der Waals surface area contributed by atoms with Gasteiger partial charge in [-0.25, -0.2) is 12.8 Å². The van der Waals surface area contributed by atoms with E-state index in [1.54, 1.807) is 13.8 Å². The zero-order valence-corrected chi connectivity index (χ0v) is 14.3. The smallest absolute Gasteiger partial charge is 0.243 e. The van der Waals surface area contributed by atoms with Crippen molar-refractivity contribution in [2.45, 2.75) is 32.1 Å². The summed E-state index contributed by atoms with van der Waals surface area (Å²) < 4.78 is 40.6. The number of hydrogen-bond acceptors (Lipinski definition) is 3. The van der Waals surface area contributed by atoms with E-state index in [0.29, 0.717) is 30.8 Å². The second-order valence-electron chi connectivity index (χ2n) is 5.58. The van der Waals surface area contributed by atoms with Gasteiger partial charge in [0.05, 0.1) is 4.90 Å². The van der Waals surface area contributed by atoms with E-state index >= 15 is 0 Å². The predicted octanol–water partition coefficient (Wildman–Crippen LogP) is 2.40. The average Bonchev–Trinajstić information content (AvgIpc) is 2.32. The molecule has 0 radical (unpaired) electrons. The maximum absolute atomic E-state index is 13.4. The summed E-state index contributed by atoms with van der Waals surface area (Å²) in [6.07, 6.45) is 0.742. The average molecular weight is 316 g/mol. The van der Waals surface area contributed by atoms with Crippen LogP contribution in [0.5, 0.6) is 0 Å². The highest BCUT2D eigenvalue weighted by atomic mass is 32.2. The van der Waals surface area contributed by atoms with Gasteiger partial charge in [0.1, 0.15) is 5.82 Å². The Morgan fingerprint density at radius 3 is 2.00 bits per heavy atom. The van der Waals surface area contributed by atoms with E-state index in [9.17, 15) is 12.8 Å². The molecule has 0 heterocycles. The number of sulfonamides is 1. The van der Waals surface area contributed by atoms with Crippen molar-refractivity contribution in [3.63, 3.8) is 0 Å². The van der Waals surface area contributed by atoms with Gasteiger partial charge in [-0.05, 0) is 57.6 Å². The summed E-state index contributed by atoms with van der Waals surface area (Å²) in [6.45, 7) is 6.77. The molecule has 0 saturated carbocycles. The van der Waals surface area contributed by atoms with Crippen molar-refractivity contribution in [2.75, 3.05) is 33.7 Å². The number of nitrogens with zero attached hydrogens (tertiary/aromatic N) is 2. The van der Waals surface area contributed by atoms with Crippen LogP contribution in [-0.2, 0) is 10.0 Å². The molecular weight excluding hydrogens is 291 g/mol. The third-order valence-corrected chi connectivity index (χ3v) is 5.50. The minimum absolute atomic E-state index is 0.233. The largest absolute Gasteiger partial charge is 0.308 e. The first kappa shape index (κ1) is 18.1. The Labute approximate surface area is 127 Å². The monoisotopic (exact) mass is 316 g/mol. The lowest BCUT2D eigenvalue weighted by Gasteiger charge is -2.25. The molecule has 120 valence electrons. The number of likely N-dealkylation sites (N-methyl/N-ethyl adjacent to an activating group) is 1. The summed E-state index contributed by atoms with van der Waals surface area (Å²) in [4.78, 5) is 2.18. The van der Waals surface area contributed by atoms with Gasteiger partial charge >= 0.3 is 0 Å². The topological polar surface area (TPSA) is 40.6 Å². The molecule has 0 N–H and O–H groups in total. The second-order valence-corrected chi connectivity index (χ2v) is 7.45. The van der Waals surface area contributed by atoms with Gasteiger partial charge in [-0.3, -0.25) is 0 Å². The van der Waals surface area contributed by atoms with Crippen molar-refractivity contribution in [2.24, 2.45) is 0 Å². The fraction of sp³-hybridized carbons (Fsp3) is 0.600. The molecule has 21 heavy (non-hydrogen) atoms. The lowest BCUT2D eigenvalue weighted by atomic mass is 10.1. The van der Waals surface area contributed by atoms with Crippen molar-refractivity contribution in [1.29, 1.82) is 0 Å². The fourth-order valence-electron chi connectivity index (χ4n) is 2.35. The molecular formula is C15H25FN2O2S. The molecule has 6 heteroatoms. The van der Waals surface area contributed by atoms with Gasteiger partial charge in [-0.15, -0.1) is 0 Å². The van der Waals surface area contributed by atoms with Crippen molar-refractivity contribution in [1.82, 2.24) is 9.21 Å². The van der Waals surface area contributed by atoms with E-state index in [2.05, 4.69) is 0 Å². The molecule has 0 aliphatic carbocycles. The minimum Gasteiger partial charge on any atom is -0.308 e. The summed E-state index contributed by atoms with van der Waals surface area (Å²) >= 11 is 0. The summed E-state index contributed by atoms with van der Waals surface area (Å²) in [7, 11) is 0.219. The van der Waals surface area contributed by atoms with E-state index in [1.807, 2.05) is 25.9 Å². The molecule has 0 amide bonds. The fourth-order valence-corrected chi connectivity index (χ4v) is 4.28. The summed E-state index contributed by atoms with van der Waals surface area (Å²) in [5.74, 6) is -0.403. The van der Waals surface area contributed by atoms with Gasteiger partial charge in [0.15, 0.2) is 0 Å². The molecule has 0 aliphatic rings. The SMILES string of the molecule is CCCN(CCN(C)C)S(=O)(=O)c1c(C)cc(F)cc1C. The summed E-state index contributed by atoms with van der Waals surface area (Å²) in [5, 5.41) is 0. The van der Waals surface area contributed by atoms with Crippen LogP contribution >= 0.6 is 0 Å². The van der Waals surface area contributed by atoms with E-state index in [0.717, 1.165) is 6.42 Å². The van der Waals surface area contributed by atoms with Crippen LogP contribution in [0.4, 0.5) is 4.39 Å². The highest BCUT2D eigenvalue weighted by Gasteiger charge is 2.27. The molecule has 0 atom stereocenters. The third-order valence-electron chi connectivity index (χ3n) is 3.29. The van der Waals surface area contributed by atoms with Crippen molar-refractivity contribution in [3.8, 4) is 0 Å². The van der Waals surface area contributed by atoms with Gasteiger partial charge in [0, 0.05) is 19.6 Å². The van der Waals surface area contributed by atoms with Crippen LogP contribution in [-0.4, -0.2) is 51.4 Å². The Hall–Kier alpha value is -0.980. The molecule has 0 bridgehead atoms. The number of halogens is 1. The molecule has 0 unspecified atom stereocenters. The first-order valence-corrected chi connectivity index (χ1v) is 8.55. The Morgan fingerprint density at radius 1 is 1.05 bits per heavy atom. The van der Waals surface area contributed by atoms with Gasteiger partial charge in [0.25, 0.3) is 0 Å². The summed E-state index contributed by atoms with van der Waals surface area (Å²) in [6, 6.07) is 2.55. The van der Waals surface area contributed by atoms with E-state index in [-0.39, 0.29) is 4.90 Å². The molecule has 1 aromatic carbocycles. The molecule has 1 aromatic rings. The van der Waals surface area contributed by atoms with Crippen LogP contribution in [0.1, 0.15) is 24.5 Å². The molecule has 0 fully saturated rings. The molecule has 0 spiro atoms. The normalized spacial score (nSPS) is 12.4. The molecule has 4 nitrogen and oxygen atoms in total. The van der Waals surface area contributed by atoms with Crippen LogP contribution in [0, 0.1) is 19.7 Å². The quantitative estimate of drug-likeness (QED) is 0.775. The lowest BCUT2D eigenvalue weighted by molar-refractivity contribution is 0.332. The van der Waals surface area contributed by atoms with Gasteiger partial charge in [-0.1, -0.05) is 6.92 Å². The minimum atomic E-state index is -3.60. The van der Waals surface area contributed by atoms with Gasteiger partial charge < -0.3 is 4.90 Å². The second kappa shape index (κ2) is 7.33. The number of hydrogen-bond donors (Lipinski definition) is 0. The standard InChI is InChI=1S/C15H25FN2O2S/c1-6-7-18(9-8-17(4)5)21(19,20)15-12(2)10-14(16)11-13(15)3/h10-11H,6-9H2,1-5H3. The van der Waals surface area contributed by atoms with Crippen LogP contribution in [0.25, 0.3) is 0 Å². The third kappa shape index (κ3) is 4.49. The molecule has 1 rings (SSSR count). The Kier molecular flexibility index (Phi) is 6.31. The predicted molar refractivity (Wildman–Crippen MR) is 83.5 cm³/mol. The Bertz CT molecular complexity index is 562. The lowest BCUT2D eigenvalue weighted by Crippen LogP contribution is -2.37. The van der Waals surface area contributed by atoms with Crippen LogP contribution in [0.15, 0.2) is 17.0 Å². The van der Waals surface area contributed by atoms with Gasteiger partial charge in [-0.2, -0.15) is 4.31 Å². The zero-order chi connectivity index (χ0) is 16.2. The van der Waals surface area contributed by atoms with Crippen molar-refractivity contribution < 1.29 is 12.8 Å². The van der Waals surface area contributed by atoms with E-state index < -0.39 is 15.8 Å². The number of rotatable bonds is 7. The first-order valence-electron chi connectivity index (χ1n) is 7.11. The number of benzene rings is 1. The van der Waals surface area contributed by atoms with Crippen LogP contribution in [0.3, 0.4) is 0 Å². The zero-order valence-electron chi connectivity index (χ0n) is 13.5. The highest BCUT2D eigenvalue weighted by Crippen LogP contribution is 2.25. The molecule has 0 aromatic heterocycles. The molecule has 0 aliphatic heterocycles. The summed E-state index contributed by atoms with van der Waals surface area (Å²) in [5.41, 5.74) is 0.914. The van der Waals surface area contributed by atoms with Gasteiger partial charge in [0.2, 0.25) is 10.0 Å². The highest BCUT2D eigenvalue weighted by molar-refractivity contribution is 7.89. The first-order chi connectivity index (χ1) is 9.70. The van der Waals surface area contributed by atoms with Crippen LogP contribution < -0.4 is 0 Å². The Morgan fingerprint density at radius 2 is 1.57 bits per heavy atom. The number of aryl methyl sites for hydroxylation is 2. The van der Waals surface area contributed by atoms with Crippen LogP contribution in [0.2, 0.25) is 0 Å². The maximum Gasteiger partial charge on any atom is 0.243 e. The molecule has 0 saturated heterocycles. The van der Waals surface area contributed by atoms with Crippen molar-refractivity contribution in [3.05, 3.63) is 29.1 Å². The van der Waals surface area contributed by atoms with Crippen molar-refractivity contribution >= 4 is 10.0 Å². The van der Waals surface area contributed by atoms with E-state index in [1.165, 1.54) is 16.4 Å².